The minimum Gasteiger partial charge on any atom is -0.393 e. The summed E-state index contributed by atoms with van der Waals surface area (Å²) in [6.45, 7) is 0.102. The number of rotatable bonds is 5. The van der Waals surface area contributed by atoms with E-state index in [1.807, 2.05) is 12.1 Å². The van der Waals surface area contributed by atoms with Gasteiger partial charge in [-0.1, -0.05) is 24.3 Å². The van der Waals surface area contributed by atoms with Gasteiger partial charge in [0.15, 0.2) is 0 Å². The summed E-state index contributed by atoms with van der Waals surface area (Å²) in [5.74, 6) is -0.830. The zero-order chi connectivity index (χ0) is 26.2. The molecular weight excluding hydrogens is 484 g/mol. The van der Waals surface area contributed by atoms with Gasteiger partial charge in [0.25, 0.3) is 0 Å². The van der Waals surface area contributed by atoms with Crippen LogP contribution in [0.2, 0.25) is 0 Å². The third kappa shape index (κ3) is 5.44. The van der Waals surface area contributed by atoms with E-state index in [1.165, 1.54) is 24.3 Å². The van der Waals surface area contributed by atoms with Gasteiger partial charge >= 0.3 is 6.18 Å². The second-order valence-electron chi connectivity index (χ2n) is 9.22. The number of halogens is 4. The van der Waals surface area contributed by atoms with E-state index < -0.39 is 29.6 Å². The summed E-state index contributed by atoms with van der Waals surface area (Å²) < 4.78 is 55.3. The van der Waals surface area contributed by atoms with Crippen LogP contribution in [0, 0.1) is 5.82 Å². The van der Waals surface area contributed by atoms with Gasteiger partial charge in [0.2, 0.25) is 5.91 Å². The standard InChI is InChI=1S/C29H24F4N2O2/c30-22-8-11-27-20(14-22)15-23(35(27)17-18-3-1-5-21(13-18)29(31,32)33)9-12-28(37)34-26-6-2-4-19-7-10-24(36)16-25(19)26/h1-6,8-9,11-15,24,36H,7,10,16-17H2,(H,34,37)/b12-9+. The highest BCUT2D eigenvalue weighted by Crippen LogP contribution is 2.31. The Morgan fingerprint density at radius 1 is 1.08 bits per heavy atom. The zero-order valence-corrected chi connectivity index (χ0v) is 19.7. The van der Waals surface area contributed by atoms with Gasteiger partial charge in [0, 0.05) is 41.3 Å². The normalized spacial score (nSPS) is 15.8. The van der Waals surface area contributed by atoms with Crippen molar-refractivity contribution in [3.05, 3.63) is 107 Å². The molecule has 1 atom stereocenters. The lowest BCUT2D eigenvalue weighted by atomic mass is 9.88. The van der Waals surface area contributed by atoms with Gasteiger partial charge in [-0.3, -0.25) is 4.79 Å². The van der Waals surface area contributed by atoms with Crippen molar-refractivity contribution in [1.29, 1.82) is 0 Å². The predicted octanol–water partition coefficient (Wildman–Crippen LogP) is 6.35. The van der Waals surface area contributed by atoms with E-state index in [4.69, 9.17) is 0 Å². The van der Waals surface area contributed by atoms with Crippen LogP contribution in [0.25, 0.3) is 17.0 Å². The van der Waals surface area contributed by atoms with Crippen LogP contribution in [-0.4, -0.2) is 21.7 Å². The van der Waals surface area contributed by atoms with Crippen LogP contribution in [0.3, 0.4) is 0 Å². The molecule has 1 unspecified atom stereocenters. The van der Waals surface area contributed by atoms with E-state index in [0.29, 0.717) is 40.7 Å². The molecule has 5 rings (SSSR count). The summed E-state index contributed by atoms with van der Waals surface area (Å²) in [7, 11) is 0. The van der Waals surface area contributed by atoms with E-state index in [-0.39, 0.29) is 6.54 Å². The van der Waals surface area contributed by atoms with Crippen LogP contribution in [0.4, 0.5) is 23.2 Å². The van der Waals surface area contributed by atoms with Gasteiger partial charge in [0.05, 0.1) is 11.7 Å². The number of fused-ring (bicyclic) bond motifs is 2. The molecule has 0 fully saturated rings. The fourth-order valence-corrected chi connectivity index (χ4v) is 4.83. The number of hydrogen-bond acceptors (Lipinski definition) is 2. The van der Waals surface area contributed by atoms with Crippen LogP contribution in [0.1, 0.15) is 34.4 Å². The maximum atomic E-state index is 13.9. The van der Waals surface area contributed by atoms with Crippen molar-refractivity contribution in [3.63, 3.8) is 0 Å². The third-order valence-corrected chi connectivity index (χ3v) is 6.61. The number of alkyl halides is 3. The first-order valence-corrected chi connectivity index (χ1v) is 11.9. The molecule has 0 bridgehead atoms. The molecule has 1 heterocycles. The quantitative estimate of drug-likeness (QED) is 0.244. The smallest absolute Gasteiger partial charge is 0.393 e. The highest BCUT2D eigenvalue weighted by molar-refractivity contribution is 6.02. The van der Waals surface area contributed by atoms with Gasteiger partial charge in [0.1, 0.15) is 5.82 Å². The first-order chi connectivity index (χ1) is 17.7. The summed E-state index contributed by atoms with van der Waals surface area (Å²) in [5, 5.41) is 13.5. The van der Waals surface area contributed by atoms with Crippen molar-refractivity contribution >= 4 is 28.6 Å². The van der Waals surface area contributed by atoms with Crippen molar-refractivity contribution < 1.29 is 27.5 Å². The SMILES string of the molecule is O=C(/C=C/c1cc2cc(F)ccc2n1Cc1cccc(C(F)(F)F)c1)Nc1cccc2c1CC(O)CC2. The fraction of sp³-hybridized carbons (Fsp3) is 0.207. The number of amides is 1. The molecule has 0 saturated heterocycles. The number of nitrogens with one attached hydrogen (secondary N) is 1. The maximum Gasteiger partial charge on any atom is 0.416 e. The van der Waals surface area contributed by atoms with E-state index in [1.54, 1.807) is 34.9 Å². The molecule has 8 heteroatoms. The van der Waals surface area contributed by atoms with Crippen molar-refractivity contribution in [3.8, 4) is 0 Å². The highest BCUT2D eigenvalue weighted by Gasteiger charge is 2.30. The fourth-order valence-electron chi connectivity index (χ4n) is 4.83. The summed E-state index contributed by atoms with van der Waals surface area (Å²) in [6, 6.07) is 16.6. The van der Waals surface area contributed by atoms with Gasteiger partial charge in [-0.2, -0.15) is 13.2 Å². The number of carbonyl (C=O) groups is 1. The Morgan fingerprint density at radius 2 is 1.89 bits per heavy atom. The van der Waals surface area contributed by atoms with Crippen LogP contribution in [0.15, 0.2) is 72.8 Å². The summed E-state index contributed by atoms with van der Waals surface area (Å²) in [4.78, 5) is 12.8. The average molecular weight is 509 g/mol. The van der Waals surface area contributed by atoms with Crippen molar-refractivity contribution in [2.45, 2.75) is 38.1 Å². The molecule has 0 saturated carbocycles. The van der Waals surface area contributed by atoms with E-state index in [2.05, 4.69) is 5.32 Å². The molecule has 0 aliphatic heterocycles. The summed E-state index contributed by atoms with van der Waals surface area (Å²) in [5.41, 5.74) is 3.49. The van der Waals surface area contributed by atoms with Crippen LogP contribution >= 0.6 is 0 Å². The molecule has 190 valence electrons. The van der Waals surface area contributed by atoms with Crippen molar-refractivity contribution in [2.75, 3.05) is 5.32 Å². The second kappa shape index (κ2) is 9.86. The van der Waals surface area contributed by atoms with Crippen molar-refractivity contribution in [1.82, 2.24) is 4.57 Å². The molecule has 4 aromatic rings. The molecule has 3 aromatic carbocycles. The predicted molar refractivity (Wildman–Crippen MR) is 135 cm³/mol. The number of anilines is 1. The molecule has 0 spiro atoms. The number of aromatic nitrogens is 1. The van der Waals surface area contributed by atoms with E-state index in [9.17, 15) is 27.5 Å². The Hall–Kier alpha value is -3.91. The largest absolute Gasteiger partial charge is 0.416 e. The topological polar surface area (TPSA) is 54.3 Å². The Morgan fingerprint density at radius 3 is 2.70 bits per heavy atom. The number of carbonyl (C=O) groups excluding carboxylic acids is 1. The molecule has 0 radical (unpaired) electrons. The van der Waals surface area contributed by atoms with E-state index in [0.717, 1.165) is 29.7 Å². The average Bonchev–Trinajstić information content (AvgIpc) is 3.19. The lowest BCUT2D eigenvalue weighted by Gasteiger charge is -2.23. The first kappa shape index (κ1) is 24.8. The third-order valence-electron chi connectivity index (χ3n) is 6.61. The summed E-state index contributed by atoms with van der Waals surface area (Å²) >= 11 is 0. The molecule has 1 aliphatic rings. The molecule has 1 amide bonds. The van der Waals surface area contributed by atoms with Gasteiger partial charge < -0.3 is 15.0 Å². The van der Waals surface area contributed by atoms with Crippen LogP contribution in [0.5, 0.6) is 0 Å². The number of aliphatic hydroxyl groups is 1. The van der Waals surface area contributed by atoms with Crippen molar-refractivity contribution in [2.24, 2.45) is 0 Å². The number of hydrogen-bond donors (Lipinski definition) is 2. The molecule has 1 aliphatic carbocycles. The van der Waals surface area contributed by atoms with Gasteiger partial charge in [-0.15, -0.1) is 0 Å². The van der Waals surface area contributed by atoms with Gasteiger partial charge in [-0.05, 0) is 78.1 Å². The van der Waals surface area contributed by atoms with Crippen LogP contribution in [-0.2, 0) is 30.4 Å². The lowest BCUT2D eigenvalue weighted by Crippen LogP contribution is -2.21. The number of aliphatic hydroxyl groups excluding tert-OH is 1. The number of nitrogens with zero attached hydrogens (tertiary/aromatic N) is 1. The number of aryl methyl sites for hydroxylation is 1. The van der Waals surface area contributed by atoms with Crippen LogP contribution < -0.4 is 5.32 Å². The lowest BCUT2D eigenvalue weighted by molar-refractivity contribution is -0.137. The summed E-state index contributed by atoms with van der Waals surface area (Å²) in [6.07, 6.45) is -0.133. The molecule has 2 N–H and O–H groups in total. The Labute approximate surface area is 210 Å². The molecule has 1 aromatic heterocycles. The Balaban J connectivity index is 1.44. The maximum absolute atomic E-state index is 13.9. The number of benzene rings is 3. The minimum atomic E-state index is -4.47. The molecule has 37 heavy (non-hydrogen) atoms. The Kier molecular flexibility index (Phi) is 6.60. The monoisotopic (exact) mass is 508 g/mol. The Bertz CT molecular complexity index is 1500. The minimum absolute atomic E-state index is 0.102. The highest BCUT2D eigenvalue weighted by atomic mass is 19.4. The van der Waals surface area contributed by atoms with Gasteiger partial charge in [-0.25, -0.2) is 4.39 Å². The molecular formula is C29H24F4N2O2. The zero-order valence-electron chi connectivity index (χ0n) is 19.7. The van der Waals surface area contributed by atoms with E-state index >= 15 is 0 Å². The second-order valence-corrected chi connectivity index (χ2v) is 9.22. The molecule has 4 nitrogen and oxygen atoms in total. The first-order valence-electron chi connectivity index (χ1n) is 11.9.